The van der Waals surface area contributed by atoms with E-state index >= 15 is 0 Å². The van der Waals surface area contributed by atoms with Crippen molar-refractivity contribution in [2.45, 2.75) is 5.88 Å². The lowest BCUT2D eigenvalue weighted by molar-refractivity contribution is 0.628. The van der Waals surface area contributed by atoms with E-state index in [4.69, 9.17) is 11.6 Å². The number of halogens is 2. The highest BCUT2D eigenvalue weighted by atomic mass is 35.5. The summed E-state index contributed by atoms with van der Waals surface area (Å²) in [5.74, 6) is 0.127. The van der Waals surface area contributed by atoms with Gasteiger partial charge in [0.05, 0.1) is 17.8 Å². The van der Waals surface area contributed by atoms with Crippen LogP contribution in [0, 0.1) is 5.82 Å². The van der Waals surface area contributed by atoms with Gasteiger partial charge in [0.15, 0.2) is 0 Å². The van der Waals surface area contributed by atoms with E-state index in [0.29, 0.717) is 11.0 Å². The Morgan fingerprint density at radius 2 is 2.18 bits per heavy atom. The smallest absolute Gasteiger partial charge is 0.203 e. The Balaban J connectivity index is 1.95. The lowest BCUT2D eigenvalue weighted by Crippen LogP contribution is -1.90. The molecule has 0 unspecified atom stereocenters. The second kappa shape index (κ2) is 5.75. The zero-order valence-corrected chi connectivity index (χ0v) is 10.3. The molecule has 88 valence electrons. The number of aromatic nitrogens is 1. The molecule has 0 amide bonds. The topological polar surface area (TPSA) is 37.3 Å². The van der Waals surface area contributed by atoms with Crippen LogP contribution < -0.4 is 5.43 Å². The number of alkyl halides is 1. The van der Waals surface area contributed by atoms with Gasteiger partial charge in [-0.25, -0.2) is 9.37 Å². The van der Waals surface area contributed by atoms with Crippen molar-refractivity contribution in [3.8, 4) is 0 Å². The summed E-state index contributed by atoms with van der Waals surface area (Å²) < 4.78 is 12.6. The van der Waals surface area contributed by atoms with Crippen LogP contribution in [-0.4, -0.2) is 11.2 Å². The van der Waals surface area contributed by atoms with Gasteiger partial charge in [-0.1, -0.05) is 12.1 Å². The molecule has 0 saturated heterocycles. The van der Waals surface area contributed by atoms with E-state index in [-0.39, 0.29) is 5.82 Å². The molecule has 1 aromatic heterocycles. The molecule has 0 spiro atoms. The summed E-state index contributed by atoms with van der Waals surface area (Å²) in [4.78, 5) is 4.18. The summed E-state index contributed by atoms with van der Waals surface area (Å²) in [5.41, 5.74) is 4.42. The van der Waals surface area contributed by atoms with Crippen LogP contribution in [0.4, 0.5) is 9.52 Å². The lowest BCUT2D eigenvalue weighted by Gasteiger charge is -1.94. The zero-order chi connectivity index (χ0) is 12.1. The number of rotatable bonds is 4. The van der Waals surface area contributed by atoms with Crippen molar-refractivity contribution in [2.75, 3.05) is 5.43 Å². The first kappa shape index (κ1) is 12.0. The number of anilines is 1. The van der Waals surface area contributed by atoms with Crippen LogP contribution in [0.5, 0.6) is 0 Å². The number of hydrogen-bond donors (Lipinski definition) is 1. The number of benzene rings is 1. The van der Waals surface area contributed by atoms with Crippen molar-refractivity contribution in [1.29, 1.82) is 0 Å². The van der Waals surface area contributed by atoms with Gasteiger partial charge in [-0.2, -0.15) is 5.10 Å². The number of thiazole rings is 1. The highest BCUT2D eigenvalue weighted by Crippen LogP contribution is 2.16. The zero-order valence-electron chi connectivity index (χ0n) is 8.73. The van der Waals surface area contributed by atoms with E-state index in [1.165, 1.54) is 23.5 Å². The van der Waals surface area contributed by atoms with Crippen molar-refractivity contribution in [2.24, 2.45) is 5.10 Å². The van der Waals surface area contributed by atoms with Crippen LogP contribution in [0.3, 0.4) is 0 Å². The summed E-state index contributed by atoms with van der Waals surface area (Å²) in [7, 11) is 0. The van der Waals surface area contributed by atoms with E-state index in [1.807, 2.05) is 5.38 Å². The lowest BCUT2D eigenvalue weighted by atomic mass is 10.2. The van der Waals surface area contributed by atoms with Crippen molar-refractivity contribution in [3.05, 3.63) is 46.7 Å². The first-order valence-corrected chi connectivity index (χ1v) is 6.24. The Bertz CT molecular complexity index is 510. The van der Waals surface area contributed by atoms with Crippen LogP contribution in [-0.2, 0) is 5.88 Å². The van der Waals surface area contributed by atoms with E-state index < -0.39 is 0 Å². The number of hydrogen-bond acceptors (Lipinski definition) is 4. The summed E-state index contributed by atoms with van der Waals surface area (Å²) in [5, 5.41) is 6.54. The maximum absolute atomic E-state index is 12.6. The molecule has 1 heterocycles. The van der Waals surface area contributed by atoms with Gasteiger partial charge in [0.2, 0.25) is 5.13 Å². The molecule has 17 heavy (non-hydrogen) atoms. The highest BCUT2D eigenvalue weighted by Gasteiger charge is 1.98. The number of nitrogens with one attached hydrogen (secondary N) is 1. The molecule has 2 aromatic rings. The van der Waals surface area contributed by atoms with Gasteiger partial charge in [-0.3, -0.25) is 5.43 Å². The molecule has 0 fully saturated rings. The number of nitrogens with zero attached hydrogens (tertiary/aromatic N) is 2. The third kappa shape index (κ3) is 3.51. The molecule has 0 saturated carbocycles. The normalized spacial score (nSPS) is 10.9. The van der Waals surface area contributed by atoms with E-state index in [0.717, 1.165) is 11.3 Å². The van der Waals surface area contributed by atoms with Crippen molar-refractivity contribution in [1.82, 2.24) is 4.98 Å². The van der Waals surface area contributed by atoms with Crippen LogP contribution >= 0.6 is 22.9 Å². The maximum atomic E-state index is 12.6. The average Bonchev–Trinajstić information content (AvgIpc) is 2.80. The Kier molecular flexibility index (Phi) is 4.06. The fraction of sp³-hybridized carbons (Fsp3) is 0.0909. The highest BCUT2D eigenvalue weighted by molar-refractivity contribution is 7.13. The summed E-state index contributed by atoms with van der Waals surface area (Å²) in [6, 6.07) is 6.06. The van der Waals surface area contributed by atoms with E-state index in [1.54, 1.807) is 18.3 Å². The summed E-state index contributed by atoms with van der Waals surface area (Å²) in [6.45, 7) is 0. The predicted molar refractivity (Wildman–Crippen MR) is 69.3 cm³/mol. The van der Waals surface area contributed by atoms with Crippen molar-refractivity contribution in [3.63, 3.8) is 0 Å². The summed E-state index contributed by atoms with van der Waals surface area (Å²) >= 11 is 7.06. The predicted octanol–water partition coefficient (Wildman–Crippen LogP) is 3.47. The molecule has 0 aliphatic rings. The molecule has 0 bridgehead atoms. The molecule has 0 aliphatic heterocycles. The van der Waals surface area contributed by atoms with Gasteiger partial charge in [0, 0.05) is 5.38 Å². The Morgan fingerprint density at radius 1 is 1.41 bits per heavy atom. The van der Waals surface area contributed by atoms with E-state index in [9.17, 15) is 4.39 Å². The SMILES string of the molecule is Fc1ccc(/C=N\Nc2nc(CCl)cs2)cc1. The molecule has 1 N–H and O–H groups in total. The van der Waals surface area contributed by atoms with Crippen molar-refractivity contribution < 1.29 is 4.39 Å². The quantitative estimate of drug-likeness (QED) is 0.524. The molecule has 0 aliphatic carbocycles. The van der Waals surface area contributed by atoms with Crippen LogP contribution in [0.1, 0.15) is 11.3 Å². The monoisotopic (exact) mass is 269 g/mol. The average molecular weight is 270 g/mol. The third-order valence-electron chi connectivity index (χ3n) is 1.93. The fourth-order valence-corrected chi connectivity index (χ4v) is 2.02. The second-order valence-corrected chi connectivity index (χ2v) is 4.32. The molecule has 2 rings (SSSR count). The van der Waals surface area contributed by atoms with Gasteiger partial charge in [-0.05, 0) is 17.7 Å². The minimum atomic E-state index is -0.262. The second-order valence-electron chi connectivity index (χ2n) is 3.20. The molecule has 0 radical (unpaired) electrons. The van der Waals surface area contributed by atoms with Crippen molar-refractivity contribution >= 4 is 34.3 Å². The Hall–Kier alpha value is -1.46. The summed E-state index contributed by atoms with van der Waals surface area (Å²) in [6.07, 6.45) is 1.60. The first-order valence-electron chi connectivity index (χ1n) is 4.83. The van der Waals surface area contributed by atoms with E-state index in [2.05, 4.69) is 15.5 Å². The van der Waals surface area contributed by atoms with Crippen LogP contribution in [0.2, 0.25) is 0 Å². The van der Waals surface area contributed by atoms with Gasteiger partial charge in [-0.15, -0.1) is 22.9 Å². The molecule has 1 aromatic carbocycles. The molecule has 6 heteroatoms. The van der Waals surface area contributed by atoms with Gasteiger partial charge < -0.3 is 0 Å². The molecule has 0 atom stereocenters. The Morgan fingerprint density at radius 3 is 2.82 bits per heavy atom. The van der Waals surface area contributed by atoms with Gasteiger partial charge in [0.1, 0.15) is 5.82 Å². The van der Waals surface area contributed by atoms with Crippen LogP contribution in [0.15, 0.2) is 34.7 Å². The molecule has 3 nitrogen and oxygen atoms in total. The molecular formula is C11H9ClFN3S. The standard InChI is InChI=1S/C11H9ClFN3S/c12-5-10-7-17-11(15-10)16-14-6-8-1-3-9(13)4-2-8/h1-4,6-7H,5H2,(H,15,16)/b14-6-. The molecular weight excluding hydrogens is 261 g/mol. The Labute approximate surface area is 107 Å². The largest absolute Gasteiger partial charge is 0.253 e. The first-order chi connectivity index (χ1) is 8.28. The van der Waals surface area contributed by atoms with Crippen LogP contribution in [0.25, 0.3) is 0 Å². The third-order valence-corrected chi connectivity index (χ3v) is 3.00. The maximum Gasteiger partial charge on any atom is 0.203 e. The van der Waals surface area contributed by atoms with Gasteiger partial charge >= 0.3 is 0 Å². The van der Waals surface area contributed by atoms with Gasteiger partial charge in [0.25, 0.3) is 0 Å². The number of hydrazone groups is 1. The minimum absolute atomic E-state index is 0.262. The minimum Gasteiger partial charge on any atom is -0.253 e. The fourth-order valence-electron chi connectivity index (χ4n) is 1.13.